The lowest BCUT2D eigenvalue weighted by Gasteiger charge is -2.05. The largest absolute Gasteiger partial charge is 0.347 e. The molecule has 0 aliphatic rings. The molecule has 0 saturated heterocycles. The van der Waals surface area contributed by atoms with Gasteiger partial charge >= 0.3 is 0 Å². The highest BCUT2D eigenvalue weighted by atomic mass is 35.5. The maximum atomic E-state index is 12.5. The molecule has 1 amide bonds. The molecule has 0 unspecified atom stereocenters. The van der Waals surface area contributed by atoms with Crippen LogP contribution in [0.25, 0.3) is 0 Å². The molecule has 27 heavy (non-hydrogen) atoms. The average Bonchev–Trinajstić information content (AvgIpc) is 3.19. The highest BCUT2D eigenvalue weighted by Gasteiger charge is 2.20. The van der Waals surface area contributed by atoms with Crippen molar-refractivity contribution < 1.29 is 13.2 Å². The molecular weight excluding hydrogens is 408 g/mol. The quantitative estimate of drug-likeness (QED) is 0.633. The Morgan fingerprint density at radius 1 is 1.26 bits per heavy atom. The zero-order valence-electron chi connectivity index (χ0n) is 14.3. The number of carbonyl (C=O) groups is 1. The van der Waals surface area contributed by atoms with Crippen LogP contribution >= 0.6 is 22.9 Å². The van der Waals surface area contributed by atoms with Crippen molar-refractivity contribution in [3.63, 3.8) is 0 Å². The molecule has 0 fully saturated rings. The van der Waals surface area contributed by atoms with Crippen LogP contribution in [0.1, 0.15) is 26.5 Å². The van der Waals surface area contributed by atoms with E-state index in [2.05, 4.69) is 10.4 Å². The number of primary sulfonamides is 1. The third kappa shape index (κ3) is 4.56. The van der Waals surface area contributed by atoms with Crippen LogP contribution < -0.4 is 10.5 Å². The van der Waals surface area contributed by atoms with Gasteiger partial charge in [-0.15, -0.1) is 11.3 Å². The highest BCUT2D eigenvalue weighted by molar-refractivity contribution is 7.91. The van der Waals surface area contributed by atoms with Gasteiger partial charge in [0, 0.05) is 4.88 Å². The number of thiophene rings is 1. The van der Waals surface area contributed by atoms with Crippen LogP contribution in [0.5, 0.6) is 0 Å². The Labute approximate surface area is 165 Å². The van der Waals surface area contributed by atoms with Crippen molar-refractivity contribution in [3.8, 4) is 0 Å². The van der Waals surface area contributed by atoms with Crippen molar-refractivity contribution in [2.45, 2.75) is 24.2 Å². The van der Waals surface area contributed by atoms with Crippen molar-refractivity contribution in [1.82, 2.24) is 15.1 Å². The smallest absolute Gasteiger partial charge is 0.256 e. The van der Waals surface area contributed by atoms with Gasteiger partial charge in [0.05, 0.1) is 24.3 Å². The number of nitrogens with zero attached hydrogens (tertiary/aromatic N) is 2. The van der Waals surface area contributed by atoms with E-state index >= 15 is 0 Å². The van der Waals surface area contributed by atoms with Gasteiger partial charge in [-0.1, -0.05) is 41.9 Å². The molecule has 0 spiro atoms. The summed E-state index contributed by atoms with van der Waals surface area (Å²) in [5, 5.41) is 12.4. The Balaban J connectivity index is 1.72. The zero-order chi connectivity index (χ0) is 19.6. The number of halogens is 1. The van der Waals surface area contributed by atoms with Gasteiger partial charge in [0.15, 0.2) is 0 Å². The lowest BCUT2D eigenvalue weighted by Crippen LogP contribution is -2.23. The second kappa shape index (κ2) is 7.81. The number of sulfonamides is 1. The molecule has 3 rings (SSSR count). The van der Waals surface area contributed by atoms with Crippen molar-refractivity contribution in [1.29, 1.82) is 0 Å². The molecule has 0 aliphatic heterocycles. The summed E-state index contributed by atoms with van der Waals surface area (Å²) in [6.07, 6.45) is 0. The number of benzene rings is 1. The molecule has 1 aromatic carbocycles. The Kier molecular flexibility index (Phi) is 5.66. The fourth-order valence-electron chi connectivity index (χ4n) is 2.53. The molecule has 142 valence electrons. The van der Waals surface area contributed by atoms with E-state index in [1.165, 1.54) is 6.07 Å². The number of hydrogen-bond acceptors (Lipinski definition) is 5. The highest BCUT2D eigenvalue weighted by Crippen LogP contribution is 2.23. The van der Waals surface area contributed by atoms with E-state index in [0.717, 1.165) is 16.9 Å². The van der Waals surface area contributed by atoms with E-state index in [1.54, 1.807) is 17.7 Å². The minimum Gasteiger partial charge on any atom is -0.347 e. The minimum atomic E-state index is -3.74. The third-order valence-electron chi connectivity index (χ3n) is 3.81. The molecule has 0 atom stereocenters. The van der Waals surface area contributed by atoms with Crippen molar-refractivity contribution in [2.75, 3.05) is 0 Å². The van der Waals surface area contributed by atoms with Crippen LogP contribution in [-0.2, 0) is 23.1 Å². The Morgan fingerprint density at radius 2 is 1.96 bits per heavy atom. The molecule has 7 nitrogen and oxygen atoms in total. The van der Waals surface area contributed by atoms with Gasteiger partial charge in [-0.3, -0.25) is 4.79 Å². The Bertz CT molecular complexity index is 1080. The number of amides is 1. The summed E-state index contributed by atoms with van der Waals surface area (Å²) in [7, 11) is -3.74. The summed E-state index contributed by atoms with van der Waals surface area (Å²) < 4.78 is 24.3. The second-order valence-corrected chi connectivity index (χ2v) is 9.16. The second-order valence-electron chi connectivity index (χ2n) is 5.84. The fourth-order valence-corrected chi connectivity index (χ4v) is 4.57. The zero-order valence-corrected chi connectivity index (χ0v) is 16.7. The summed E-state index contributed by atoms with van der Waals surface area (Å²) in [6.45, 7) is 2.33. The number of carbonyl (C=O) groups excluding carboxylic acids is 1. The number of rotatable bonds is 6. The van der Waals surface area contributed by atoms with Crippen LogP contribution in [0.3, 0.4) is 0 Å². The van der Waals surface area contributed by atoms with Gasteiger partial charge in [0.1, 0.15) is 9.36 Å². The molecule has 0 saturated carbocycles. The molecule has 10 heteroatoms. The summed E-state index contributed by atoms with van der Waals surface area (Å²) in [4.78, 5) is 13.2. The molecule has 3 N–H and O–H groups in total. The topological polar surface area (TPSA) is 107 Å². The molecule has 2 heterocycles. The summed E-state index contributed by atoms with van der Waals surface area (Å²) in [5.41, 5.74) is 1.84. The number of aromatic nitrogens is 2. The van der Waals surface area contributed by atoms with Gasteiger partial charge in [0.25, 0.3) is 5.91 Å². The van der Waals surface area contributed by atoms with Crippen LogP contribution in [0, 0.1) is 6.92 Å². The van der Waals surface area contributed by atoms with Crippen LogP contribution in [0.4, 0.5) is 0 Å². The standard InChI is InChI=1S/C17H17ClN4O3S2/c1-11-15(16(18)22(21-11)10-12-5-3-2-4-6-12)17(23)20-9-13-7-8-14(26-13)27(19,24)25/h2-8H,9-10H2,1H3,(H,20,23)(H2,19,24,25). The van der Waals surface area contributed by atoms with E-state index in [9.17, 15) is 13.2 Å². The molecular formula is C17H17ClN4O3S2. The maximum Gasteiger partial charge on any atom is 0.256 e. The SMILES string of the molecule is Cc1nn(Cc2ccccc2)c(Cl)c1C(=O)NCc1ccc(S(N)(=O)=O)s1. The van der Waals surface area contributed by atoms with E-state index < -0.39 is 10.0 Å². The van der Waals surface area contributed by atoms with Gasteiger partial charge in [-0.2, -0.15) is 5.10 Å². The molecule has 3 aromatic rings. The van der Waals surface area contributed by atoms with Gasteiger partial charge in [-0.05, 0) is 24.6 Å². The molecule has 2 aromatic heterocycles. The lowest BCUT2D eigenvalue weighted by molar-refractivity contribution is 0.0950. The van der Waals surface area contributed by atoms with Crippen molar-refractivity contribution >= 4 is 38.9 Å². The number of aryl methyl sites for hydroxylation is 1. The number of nitrogens with two attached hydrogens (primary N) is 1. The minimum absolute atomic E-state index is 0.0524. The predicted octanol–water partition coefficient (Wildman–Crippen LogP) is 2.53. The molecule has 0 radical (unpaired) electrons. The third-order valence-corrected chi connectivity index (χ3v) is 6.72. The normalized spacial score (nSPS) is 11.5. The summed E-state index contributed by atoms with van der Waals surface area (Å²) in [5.74, 6) is -0.373. The maximum absolute atomic E-state index is 12.5. The molecule has 0 bridgehead atoms. The first-order chi connectivity index (χ1) is 12.8. The number of nitrogens with one attached hydrogen (secondary N) is 1. The monoisotopic (exact) mass is 424 g/mol. The number of hydrogen-bond donors (Lipinski definition) is 2. The van der Waals surface area contributed by atoms with E-state index in [1.807, 2.05) is 30.3 Å². The van der Waals surface area contributed by atoms with Crippen LogP contribution in [0.2, 0.25) is 5.15 Å². The first-order valence-corrected chi connectivity index (χ1v) is 10.7. The van der Waals surface area contributed by atoms with E-state index in [-0.39, 0.29) is 21.8 Å². The van der Waals surface area contributed by atoms with Gasteiger partial charge in [0.2, 0.25) is 10.0 Å². The summed E-state index contributed by atoms with van der Waals surface area (Å²) >= 11 is 7.38. The summed E-state index contributed by atoms with van der Waals surface area (Å²) in [6, 6.07) is 12.7. The predicted molar refractivity (Wildman–Crippen MR) is 104 cm³/mol. The lowest BCUT2D eigenvalue weighted by atomic mass is 10.2. The first kappa shape index (κ1) is 19.6. The van der Waals surface area contributed by atoms with Crippen molar-refractivity contribution in [3.05, 3.63) is 69.3 Å². The van der Waals surface area contributed by atoms with Crippen molar-refractivity contribution in [2.24, 2.45) is 5.14 Å². The van der Waals surface area contributed by atoms with Gasteiger partial charge in [-0.25, -0.2) is 18.2 Å². The Hall–Kier alpha value is -2.20. The molecule has 0 aliphatic carbocycles. The van der Waals surface area contributed by atoms with Crippen LogP contribution in [0.15, 0.2) is 46.7 Å². The van der Waals surface area contributed by atoms with Crippen LogP contribution in [-0.4, -0.2) is 24.1 Å². The van der Waals surface area contributed by atoms with E-state index in [4.69, 9.17) is 16.7 Å². The first-order valence-electron chi connectivity index (χ1n) is 7.92. The fraction of sp³-hybridized carbons (Fsp3) is 0.176. The van der Waals surface area contributed by atoms with Gasteiger partial charge < -0.3 is 5.32 Å². The Morgan fingerprint density at radius 3 is 2.59 bits per heavy atom. The average molecular weight is 425 g/mol. The van der Waals surface area contributed by atoms with E-state index in [0.29, 0.717) is 22.7 Å².